The molecule has 132 valence electrons. The molecule has 1 N–H and O–H groups in total. The number of nitrogens with one attached hydrogen (secondary N) is 1. The SMILES string of the molecule is CCCCCC[C@H](C)NC(=O)CSc1nnc(-c2ccco2)n1C. The lowest BCUT2D eigenvalue weighted by atomic mass is 10.1. The topological polar surface area (TPSA) is 73.0 Å². The van der Waals surface area contributed by atoms with Gasteiger partial charge in [0.15, 0.2) is 16.7 Å². The second kappa shape index (κ2) is 9.52. The first-order chi connectivity index (χ1) is 11.6. The van der Waals surface area contributed by atoms with E-state index in [4.69, 9.17) is 4.42 Å². The van der Waals surface area contributed by atoms with Crippen LogP contribution in [0.15, 0.2) is 28.0 Å². The molecule has 0 aliphatic heterocycles. The van der Waals surface area contributed by atoms with E-state index >= 15 is 0 Å². The van der Waals surface area contributed by atoms with Gasteiger partial charge < -0.3 is 14.3 Å². The van der Waals surface area contributed by atoms with Gasteiger partial charge in [-0.3, -0.25) is 4.79 Å². The number of hydrogen-bond donors (Lipinski definition) is 1. The quantitative estimate of drug-likeness (QED) is 0.523. The molecule has 0 bridgehead atoms. The normalized spacial score (nSPS) is 12.3. The maximum absolute atomic E-state index is 12.1. The van der Waals surface area contributed by atoms with E-state index in [9.17, 15) is 4.79 Å². The van der Waals surface area contributed by atoms with E-state index in [0.717, 1.165) is 12.8 Å². The lowest BCUT2D eigenvalue weighted by Crippen LogP contribution is -2.33. The van der Waals surface area contributed by atoms with E-state index in [1.54, 1.807) is 6.26 Å². The van der Waals surface area contributed by atoms with Gasteiger partial charge in [0.1, 0.15) is 0 Å². The number of furan rings is 1. The van der Waals surface area contributed by atoms with Crippen molar-refractivity contribution in [1.82, 2.24) is 20.1 Å². The fourth-order valence-corrected chi connectivity index (χ4v) is 3.18. The number of rotatable bonds is 10. The highest BCUT2D eigenvalue weighted by atomic mass is 32.2. The summed E-state index contributed by atoms with van der Waals surface area (Å²) >= 11 is 1.38. The van der Waals surface area contributed by atoms with Crippen molar-refractivity contribution >= 4 is 17.7 Å². The lowest BCUT2D eigenvalue weighted by molar-refractivity contribution is -0.119. The molecule has 0 saturated carbocycles. The summed E-state index contributed by atoms with van der Waals surface area (Å²) in [5.41, 5.74) is 0. The Morgan fingerprint density at radius 1 is 1.38 bits per heavy atom. The molecule has 2 aromatic heterocycles. The van der Waals surface area contributed by atoms with Crippen LogP contribution in [-0.4, -0.2) is 32.5 Å². The Hall–Kier alpha value is -1.76. The van der Waals surface area contributed by atoms with E-state index in [2.05, 4.69) is 29.4 Å². The van der Waals surface area contributed by atoms with E-state index < -0.39 is 0 Å². The molecule has 0 radical (unpaired) electrons. The molecule has 1 atom stereocenters. The number of amides is 1. The minimum Gasteiger partial charge on any atom is -0.461 e. The first-order valence-electron chi connectivity index (χ1n) is 8.47. The van der Waals surface area contributed by atoms with E-state index in [1.165, 1.54) is 31.0 Å². The van der Waals surface area contributed by atoms with Crippen LogP contribution in [0.2, 0.25) is 0 Å². The predicted octanol–water partition coefficient (Wildman–Crippen LogP) is 3.64. The van der Waals surface area contributed by atoms with Crippen LogP contribution in [0.5, 0.6) is 0 Å². The zero-order valence-electron chi connectivity index (χ0n) is 14.6. The number of aromatic nitrogens is 3. The molecule has 0 spiro atoms. The van der Waals surface area contributed by atoms with Gasteiger partial charge in [0.2, 0.25) is 5.91 Å². The van der Waals surface area contributed by atoms with Gasteiger partial charge in [-0.15, -0.1) is 10.2 Å². The Labute approximate surface area is 147 Å². The third-order valence-electron chi connectivity index (χ3n) is 3.81. The van der Waals surface area contributed by atoms with Gasteiger partial charge in [0.25, 0.3) is 0 Å². The minimum absolute atomic E-state index is 0.0329. The molecular formula is C17H26N4O2S. The molecule has 2 heterocycles. The summed E-state index contributed by atoms with van der Waals surface area (Å²) in [6, 6.07) is 3.87. The van der Waals surface area contributed by atoms with Crippen molar-refractivity contribution in [2.75, 3.05) is 5.75 Å². The summed E-state index contributed by atoms with van der Waals surface area (Å²) in [4.78, 5) is 12.1. The smallest absolute Gasteiger partial charge is 0.230 e. The summed E-state index contributed by atoms with van der Waals surface area (Å²) in [7, 11) is 1.87. The van der Waals surface area contributed by atoms with Crippen molar-refractivity contribution in [3.05, 3.63) is 18.4 Å². The fraction of sp³-hybridized carbons (Fsp3) is 0.588. The van der Waals surface area contributed by atoms with Crippen molar-refractivity contribution in [1.29, 1.82) is 0 Å². The summed E-state index contributed by atoms with van der Waals surface area (Å²) in [5, 5.41) is 12.0. The van der Waals surface area contributed by atoms with Gasteiger partial charge in [-0.1, -0.05) is 44.4 Å². The molecule has 24 heavy (non-hydrogen) atoms. The number of thioether (sulfide) groups is 1. The average molecular weight is 350 g/mol. The Morgan fingerprint density at radius 3 is 2.92 bits per heavy atom. The van der Waals surface area contributed by atoms with Gasteiger partial charge in [-0.05, 0) is 25.5 Å². The highest BCUT2D eigenvalue weighted by Gasteiger charge is 2.15. The second-order valence-corrected chi connectivity index (χ2v) is 6.89. The highest BCUT2D eigenvalue weighted by Crippen LogP contribution is 2.22. The van der Waals surface area contributed by atoms with Gasteiger partial charge in [0, 0.05) is 13.1 Å². The van der Waals surface area contributed by atoms with E-state index in [-0.39, 0.29) is 11.9 Å². The molecular weight excluding hydrogens is 324 g/mol. The molecule has 0 saturated heterocycles. The zero-order chi connectivity index (χ0) is 17.4. The maximum atomic E-state index is 12.1. The van der Waals surface area contributed by atoms with E-state index in [0.29, 0.717) is 22.5 Å². The molecule has 0 aliphatic carbocycles. The average Bonchev–Trinajstić information content (AvgIpc) is 3.19. The standard InChI is InChI=1S/C17H26N4O2S/c1-4-5-6-7-9-13(2)18-15(22)12-24-17-20-19-16(21(17)3)14-10-8-11-23-14/h8,10-11,13H,4-7,9,12H2,1-3H3,(H,18,22)/t13-/m0/s1. The number of carbonyl (C=O) groups is 1. The predicted molar refractivity (Wildman–Crippen MR) is 95.8 cm³/mol. The third kappa shape index (κ3) is 5.40. The molecule has 6 nitrogen and oxygen atoms in total. The first kappa shape index (κ1) is 18.6. The molecule has 2 rings (SSSR count). The molecule has 7 heteroatoms. The molecule has 1 amide bonds. The highest BCUT2D eigenvalue weighted by molar-refractivity contribution is 7.99. The monoisotopic (exact) mass is 350 g/mol. The van der Waals surface area contributed by atoms with Crippen LogP contribution in [0.1, 0.15) is 46.0 Å². The zero-order valence-corrected chi connectivity index (χ0v) is 15.4. The van der Waals surface area contributed by atoms with E-state index in [1.807, 2.05) is 23.7 Å². The molecule has 0 unspecified atom stereocenters. The van der Waals surface area contributed by atoms with Crippen molar-refractivity contribution in [2.24, 2.45) is 7.05 Å². The molecule has 0 aliphatic rings. The van der Waals surface area contributed by atoms with Crippen molar-refractivity contribution in [3.8, 4) is 11.6 Å². The van der Waals surface area contributed by atoms with Crippen molar-refractivity contribution < 1.29 is 9.21 Å². The number of hydrogen-bond acceptors (Lipinski definition) is 5. The second-order valence-electron chi connectivity index (χ2n) is 5.95. The molecule has 0 fully saturated rings. The molecule has 2 aromatic rings. The van der Waals surface area contributed by atoms with Crippen LogP contribution >= 0.6 is 11.8 Å². The number of carbonyl (C=O) groups excluding carboxylic acids is 1. The van der Waals surface area contributed by atoms with Crippen molar-refractivity contribution in [3.63, 3.8) is 0 Å². The van der Waals surface area contributed by atoms with Crippen LogP contribution in [-0.2, 0) is 11.8 Å². The van der Waals surface area contributed by atoms with Gasteiger partial charge >= 0.3 is 0 Å². The Kier molecular flexibility index (Phi) is 7.36. The first-order valence-corrected chi connectivity index (χ1v) is 9.45. The van der Waals surface area contributed by atoms with Gasteiger partial charge in [-0.2, -0.15) is 0 Å². The summed E-state index contributed by atoms with van der Waals surface area (Å²) in [5.74, 6) is 1.70. The Morgan fingerprint density at radius 2 is 2.21 bits per heavy atom. The molecule has 0 aromatic carbocycles. The lowest BCUT2D eigenvalue weighted by Gasteiger charge is -2.13. The maximum Gasteiger partial charge on any atom is 0.230 e. The number of nitrogens with zero attached hydrogens (tertiary/aromatic N) is 3. The van der Waals surface area contributed by atoms with Crippen LogP contribution in [0.3, 0.4) is 0 Å². The number of unbranched alkanes of at least 4 members (excludes halogenated alkanes) is 3. The van der Waals surface area contributed by atoms with Gasteiger partial charge in [-0.25, -0.2) is 0 Å². The minimum atomic E-state index is 0.0329. The van der Waals surface area contributed by atoms with Crippen LogP contribution in [0, 0.1) is 0 Å². The Bertz CT molecular complexity index is 625. The van der Waals surface area contributed by atoms with Crippen LogP contribution in [0.25, 0.3) is 11.6 Å². The fourth-order valence-electron chi connectivity index (χ4n) is 2.46. The largest absolute Gasteiger partial charge is 0.461 e. The van der Waals surface area contributed by atoms with Crippen LogP contribution in [0.4, 0.5) is 0 Å². The Balaban J connectivity index is 1.76. The van der Waals surface area contributed by atoms with Gasteiger partial charge in [0.05, 0.1) is 12.0 Å². The summed E-state index contributed by atoms with van der Waals surface area (Å²) in [6.07, 6.45) is 7.53. The summed E-state index contributed by atoms with van der Waals surface area (Å²) in [6.45, 7) is 4.26. The summed E-state index contributed by atoms with van der Waals surface area (Å²) < 4.78 is 7.17. The third-order valence-corrected chi connectivity index (χ3v) is 4.83. The van der Waals surface area contributed by atoms with Crippen LogP contribution < -0.4 is 5.32 Å². The van der Waals surface area contributed by atoms with Crippen molar-refractivity contribution in [2.45, 2.75) is 57.1 Å².